The molecule has 0 saturated carbocycles. The molecule has 1 heterocycles. The molecule has 1 N–H and O–H groups in total. The summed E-state index contributed by atoms with van der Waals surface area (Å²) in [6.45, 7) is 1.94. The number of fused-ring (bicyclic) bond motifs is 1. The maximum absolute atomic E-state index is 14.5. The van der Waals surface area contributed by atoms with E-state index in [0.29, 0.717) is 0 Å². The molecule has 0 amide bonds. The number of benzene rings is 1. The molecule has 3 rings (SSSR count). The topological polar surface area (TPSA) is 12.0 Å². The van der Waals surface area contributed by atoms with Gasteiger partial charge in [0.25, 0.3) is 0 Å². The largest absolute Gasteiger partial charge is 0.317 e. The van der Waals surface area contributed by atoms with E-state index in [0.717, 1.165) is 37.9 Å². The quantitative estimate of drug-likeness (QED) is 0.827. The number of halogens is 1. The summed E-state index contributed by atoms with van der Waals surface area (Å²) < 4.78 is 14.5. The first-order valence-corrected chi connectivity index (χ1v) is 6.81. The number of piperidine rings is 1. The van der Waals surface area contributed by atoms with Crippen molar-refractivity contribution < 1.29 is 4.39 Å². The van der Waals surface area contributed by atoms with Crippen LogP contribution < -0.4 is 5.32 Å². The predicted molar refractivity (Wildman–Crippen MR) is 67.9 cm³/mol. The fourth-order valence-electron chi connectivity index (χ4n) is 3.17. The van der Waals surface area contributed by atoms with Gasteiger partial charge in [0.15, 0.2) is 0 Å². The Balaban J connectivity index is 1.78. The standard InChI is InChI=1S/C15H20FN/c16-15(12-6-8-17-9-7-12)14-5-4-11-2-1-3-13(11)10-14/h4-5,10,12,15,17H,1-3,6-9H2. The number of hydrogen-bond donors (Lipinski definition) is 1. The average molecular weight is 233 g/mol. The molecule has 2 aliphatic rings. The highest BCUT2D eigenvalue weighted by molar-refractivity contribution is 5.36. The van der Waals surface area contributed by atoms with E-state index < -0.39 is 6.17 Å². The zero-order valence-electron chi connectivity index (χ0n) is 10.2. The van der Waals surface area contributed by atoms with E-state index in [1.165, 1.54) is 24.0 Å². The van der Waals surface area contributed by atoms with Crippen LogP contribution in [0.15, 0.2) is 18.2 Å². The minimum Gasteiger partial charge on any atom is -0.317 e. The van der Waals surface area contributed by atoms with Crippen molar-refractivity contribution in [2.24, 2.45) is 5.92 Å². The Morgan fingerprint density at radius 3 is 2.71 bits per heavy atom. The number of rotatable bonds is 2. The van der Waals surface area contributed by atoms with Gasteiger partial charge in [-0.2, -0.15) is 0 Å². The lowest BCUT2D eigenvalue weighted by atomic mass is 9.88. The minimum absolute atomic E-state index is 0.218. The maximum Gasteiger partial charge on any atom is 0.128 e. The number of nitrogens with one attached hydrogen (secondary N) is 1. The fraction of sp³-hybridized carbons (Fsp3) is 0.600. The van der Waals surface area contributed by atoms with Crippen LogP contribution in [0.25, 0.3) is 0 Å². The van der Waals surface area contributed by atoms with Gasteiger partial charge in [-0.1, -0.05) is 18.2 Å². The van der Waals surface area contributed by atoms with Crippen LogP contribution in [-0.4, -0.2) is 13.1 Å². The van der Waals surface area contributed by atoms with Crippen LogP contribution in [0.3, 0.4) is 0 Å². The van der Waals surface area contributed by atoms with Crippen LogP contribution in [0.2, 0.25) is 0 Å². The van der Waals surface area contributed by atoms with E-state index in [1.807, 2.05) is 6.07 Å². The van der Waals surface area contributed by atoms with Gasteiger partial charge in [0.1, 0.15) is 6.17 Å². The minimum atomic E-state index is -0.761. The molecular weight excluding hydrogens is 213 g/mol. The Kier molecular flexibility index (Phi) is 3.15. The molecule has 1 aromatic carbocycles. The molecule has 0 radical (unpaired) electrons. The van der Waals surface area contributed by atoms with Gasteiger partial charge in [0.05, 0.1) is 0 Å². The van der Waals surface area contributed by atoms with Crippen LogP contribution in [0.4, 0.5) is 4.39 Å². The summed E-state index contributed by atoms with van der Waals surface area (Å²) in [6, 6.07) is 6.28. The lowest BCUT2D eigenvalue weighted by molar-refractivity contribution is 0.190. The molecule has 1 atom stereocenters. The molecule has 17 heavy (non-hydrogen) atoms. The third-order valence-corrected chi connectivity index (χ3v) is 4.24. The highest BCUT2D eigenvalue weighted by Crippen LogP contribution is 2.34. The molecule has 1 aliphatic carbocycles. The van der Waals surface area contributed by atoms with Crippen molar-refractivity contribution >= 4 is 0 Å². The monoisotopic (exact) mass is 233 g/mol. The van der Waals surface area contributed by atoms with Crippen molar-refractivity contribution in [1.82, 2.24) is 5.32 Å². The van der Waals surface area contributed by atoms with Gasteiger partial charge in [-0.3, -0.25) is 0 Å². The second-order valence-electron chi connectivity index (χ2n) is 5.37. The van der Waals surface area contributed by atoms with Crippen LogP contribution in [-0.2, 0) is 12.8 Å². The summed E-state index contributed by atoms with van der Waals surface area (Å²) in [4.78, 5) is 0. The molecule has 1 aliphatic heterocycles. The van der Waals surface area contributed by atoms with Crippen molar-refractivity contribution in [2.75, 3.05) is 13.1 Å². The van der Waals surface area contributed by atoms with Gasteiger partial charge < -0.3 is 5.32 Å². The Morgan fingerprint density at radius 2 is 1.88 bits per heavy atom. The van der Waals surface area contributed by atoms with Crippen molar-refractivity contribution in [3.63, 3.8) is 0 Å². The normalized spacial score (nSPS) is 22.4. The molecule has 0 bridgehead atoms. The molecule has 0 aromatic heterocycles. The van der Waals surface area contributed by atoms with Crippen LogP contribution in [0.5, 0.6) is 0 Å². The van der Waals surface area contributed by atoms with Crippen molar-refractivity contribution in [1.29, 1.82) is 0 Å². The Morgan fingerprint density at radius 1 is 1.12 bits per heavy atom. The van der Waals surface area contributed by atoms with Crippen molar-refractivity contribution in [3.05, 3.63) is 34.9 Å². The molecule has 1 fully saturated rings. The molecule has 1 saturated heterocycles. The van der Waals surface area contributed by atoms with E-state index in [4.69, 9.17) is 0 Å². The second kappa shape index (κ2) is 4.77. The Bertz CT molecular complexity index is 396. The third-order valence-electron chi connectivity index (χ3n) is 4.24. The smallest absolute Gasteiger partial charge is 0.128 e. The highest BCUT2D eigenvalue weighted by atomic mass is 19.1. The zero-order valence-corrected chi connectivity index (χ0v) is 10.2. The molecule has 92 valence electrons. The lowest BCUT2D eigenvalue weighted by Gasteiger charge is -2.26. The van der Waals surface area contributed by atoms with Gasteiger partial charge in [0, 0.05) is 0 Å². The molecule has 1 unspecified atom stereocenters. The van der Waals surface area contributed by atoms with E-state index >= 15 is 0 Å². The molecule has 2 heteroatoms. The molecule has 0 spiro atoms. The predicted octanol–water partition coefficient (Wildman–Crippen LogP) is 3.19. The van der Waals surface area contributed by atoms with Crippen LogP contribution >= 0.6 is 0 Å². The summed E-state index contributed by atoms with van der Waals surface area (Å²) in [5.41, 5.74) is 3.74. The number of aryl methyl sites for hydroxylation is 2. The first-order chi connectivity index (χ1) is 8.34. The second-order valence-corrected chi connectivity index (χ2v) is 5.37. The van der Waals surface area contributed by atoms with Gasteiger partial charge >= 0.3 is 0 Å². The average Bonchev–Trinajstić information content (AvgIpc) is 2.86. The SMILES string of the molecule is FC(c1ccc2c(c1)CCC2)C1CCNCC1. The fourth-order valence-corrected chi connectivity index (χ4v) is 3.17. The van der Waals surface area contributed by atoms with E-state index in [1.54, 1.807) is 0 Å². The molecule has 1 nitrogen and oxygen atoms in total. The van der Waals surface area contributed by atoms with E-state index in [-0.39, 0.29) is 5.92 Å². The lowest BCUT2D eigenvalue weighted by Crippen LogP contribution is -2.29. The summed E-state index contributed by atoms with van der Waals surface area (Å²) in [5, 5.41) is 3.30. The van der Waals surface area contributed by atoms with Gasteiger partial charge in [0.2, 0.25) is 0 Å². The number of alkyl halides is 1. The van der Waals surface area contributed by atoms with Crippen LogP contribution in [0, 0.1) is 5.92 Å². The Hall–Kier alpha value is -0.890. The first kappa shape index (κ1) is 11.2. The van der Waals surface area contributed by atoms with Crippen LogP contribution in [0.1, 0.15) is 42.1 Å². The maximum atomic E-state index is 14.5. The third kappa shape index (κ3) is 2.23. The summed E-state index contributed by atoms with van der Waals surface area (Å²) in [5.74, 6) is 0.218. The summed E-state index contributed by atoms with van der Waals surface area (Å²) >= 11 is 0. The Labute approximate surface area is 102 Å². The zero-order chi connectivity index (χ0) is 11.7. The van der Waals surface area contributed by atoms with Gasteiger partial charge in [-0.05, 0) is 67.8 Å². The summed E-state index contributed by atoms with van der Waals surface area (Å²) in [7, 11) is 0. The highest BCUT2D eigenvalue weighted by Gasteiger charge is 2.25. The van der Waals surface area contributed by atoms with Crippen molar-refractivity contribution in [2.45, 2.75) is 38.3 Å². The summed E-state index contributed by atoms with van der Waals surface area (Å²) in [6.07, 6.45) is 4.74. The molecular formula is C15H20FN. The molecule has 1 aromatic rings. The van der Waals surface area contributed by atoms with Crippen molar-refractivity contribution in [3.8, 4) is 0 Å². The van der Waals surface area contributed by atoms with Gasteiger partial charge in [-0.25, -0.2) is 4.39 Å². The van der Waals surface area contributed by atoms with E-state index in [9.17, 15) is 4.39 Å². The number of hydrogen-bond acceptors (Lipinski definition) is 1. The van der Waals surface area contributed by atoms with Gasteiger partial charge in [-0.15, -0.1) is 0 Å². The first-order valence-electron chi connectivity index (χ1n) is 6.81. The van der Waals surface area contributed by atoms with E-state index in [2.05, 4.69) is 17.4 Å².